The lowest BCUT2D eigenvalue weighted by Gasteiger charge is -2.23. The van der Waals surface area contributed by atoms with E-state index >= 15 is 0 Å². The van der Waals surface area contributed by atoms with Crippen molar-refractivity contribution in [1.29, 1.82) is 0 Å². The molecule has 0 bridgehead atoms. The SMILES string of the molecule is Nc1nc(=O)n([C@@H]2O[C@H](CC(=O)OC3CCCCC3)[C@@H](O)[C@H]2O)cc1F. The Morgan fingerprint density at radius 3 is 2.73 bits per heavy atom. The average Bonchev–Trinajstić information content (AvgIpc) is 2.87. The van der Waals surface area contributed by atoms with Crippen LogP contribution in [0.15, 0.2) is 11.0 Å². The Hall–Kier alpha value is -2.04. The first-order valence-electron chi connectivity index (χ1n) is 8.62. The number of nitrogens with two attached hydrogens (primary N) is 1. The predicted octanol–water partition coefficient (Wildman–Crippen LogP) is -0.150. The van der Waals surface area contributed by atoms with Crippen LogP contribution in [0.1, 0.15) is 44.8 Å². The molecule has 0 amide bonds. The summed E-state index contributed by atoms with van der Waals surface area (Å²) < 4.78 is 25.1. The molecule has 2 aliphatic rings. The lowest BCUT2D eigenvalue weighted by atomic mass is 9.98. The second kappa shape index (κ2) is 7.68. The van der Waals surface area contributed by atoms with Crippen molar-refractivity contribution < 1.29 is 28.9 Å². The van der Waals surface area contributed by atoms with Crippen molar-refractivity contribution in [3.05, 3.63) is 22.5 Å². The maximum atomic E-state index is 13.6. The molecule has 0 radical (unpaired) electrons. The largest absolute Gasteiger partial charge is 0.462 e. The third-order valence-electron chi connectivity index (χ3n) is 4.76. The van der Waals surface area contributed by atoms with Gasteiger partial charge in [-0.3, -0.25) is 9.36 Å². The van der Waals surface area contributed by atoms with Crippen LogP contribution in [0.4, 0.5) is 10.2 Å². The lowest BCUT2D eigenvalue weighted by molar-refractivity contribution is -0.155. The highest BCUT2D eigenvalue weighted by Gasteiger charge is 2.45. The van der Waals surface area contributed by atoms with Gasteiger partial charge in [0.2, 0.25) is 0 Å². The van der Waals surface area contributed by atoms with E-state index in [-0.39, 0.29) is 12.5 Å². The first-order chi connectivity index (χ1) is 12.4. The second-order valence-corrected chi connectivity index (χ2v) is 6.66. The molecular formula is C16H22FN3O6. The van der Waals surface area contributed by atoms with Gasteiger partial charge in [0.15, 0.2) is 17.9 Å². The number of aromatic nitrogens is 2. The van der Waals surface area contributed by atoms with Crippen molar-refractivity contribution >= 4 is 11.8 Å². The van der Waals surface area contributed by atoms with Gasteiger partial charge in [0.1, 0.15) is 18.3 Å². The van der Waals surface area contributed by atoms with Crippen molar-refractivity contribution in [2.45, 2.75) is 69.2 Å². The zero-order valence-corrected chi connectivity index (χ0v) is 14.1. The van der Waals surface area contributed by atoms with E-state index in [2.05, 4.69) is 4.98 Å². The van der Waals surface area contributed by atoms with Gasteiger partial charge in [-0.15, -0.1) is 0 Å². The predicted molar refractivity (Wildman–Crippen MR) is 86.4 cm³/mol. The highest BCUT2D eigenvalue weighted by atomic mass is 19.1. The number of aliphatic hydroxyl groups is 2. The number of ether oxygens (including phenoxy) is 2. The Morgan fingerprint density at radius 2 is 2.04 bits per heavy atom. The maximum absolute atomic E-state index is 13.6. The summed E-state index contributed by atoms with van der Waals surface area (Å²) in [5, 5.41) is 20.3. The van der Waals surface area contributed by atoms with E-state index in [0.717, 1.165) is 38.3 Å². The summed E-state index contributed by atoms with van der Waals surface area (Å²) in [5.41, 5.74) is 4.28. The highest BCUT2D eigenvalue weighted by molar-refractivity contribution is 5.70. The minimum absolute atomic E-state index is 0.145. The Labute approximate surface area is 148 Å². The molecule has 0 spiro atoms. The molecule has 1 aliphatic carbocycles. The highest BCUT2D eigenvalue weighted by Crippen LogP contribution is 2.31. The first-order valence-corrected chi connectivity index (χ1v) is 8.62. The number of esters is 1. The van der Waals surface area contributed by atoms with Crippen LogP contribution in [-0.2, 0) is 14.3 Å². The van der Waals surface area contributed by atoms with Crippen LogP contribution < -0.4 is 11.4 Å². The van der Waals surface area contributed by atoms with Crippen LogP contribution in [0.5, 0.6) is 0 Å². The van der Waals surface area contributed by atoms with E-state index in [9.17, 15) is 24.2 Å². The van der Waals surface area contributed by atoms with Gasteiger partial charge in [-0.25, -0.2) is 9.18 Å². The monoisotopic (exact) mass is 371 g/mol. The minimum Gasteiger partial charge on any atom is -0.462 e. The van der Waals surface area contributed by atoms with Gasteiger partial charge >= 0.3 is 11.7 Å². The molecule has 1 aliphatic heterocycles. The number of aliphatic hydroxyl groups excluding tert-OH is 2. The number of nitrogens with zero attached hydrogens (tertiary/aromatic N) is 2. The summed E-state index contributed by atoms with van der Waals surface area (Å²) in [7, 11) is 0. The van der Waals surface area contributed by atoms with Gasteiger partial charge in [0.25, 0.3) is 0 Å². The number of hydrogen-bond acceptors (Lipinski definition) is 8. The Kier molecular flexibility index (Phi) is 5.54. The maximum Gasteiger partial charge on any atom is 0.351 e. The summed E-state index contributed by atoms with van der Waals surface area (Å²) in [4.78, 5) is 27.2. The molecular weight excluding hydrogens is 349 g/mol. The van der Waals surface area contributed by atoms with Gasteiger partial charge in [-0.2, -0.15) is 4.98 Å². The third kappa shape index (κ3) is 3.87. The van der Waals surface area contributed by atoms with E-state index in [1.807, 2.05) is 0 Å². The number of hydrogen-bond donors (Lipinski definition) is 3. The van der Waals surface area contributed by atoms with E-state index in [1.165, 1.54) is 0 Å². The van der Waals surface area contributed by atoms with Gasteiger partial charge in [0, 0.05) is 0 Å². The van der Waals surface area contributed by atoms with E-state index in [1.54, 1.807) is 0 Å². The standard InChI is InChI=1S/C16H22FN3O6/c17-9-7-20(16(24)19-14(9)18)15-13(23)12(22)10(26-15)6-11(21)25-8-4-2-1-3-5-8/h7-8,10,12-13,15,22-23H,1-6H2,(H2,18,19,24)/t10-,12-,13-,15-/m1/s1. The fourth-order valence-corrected chi connectivity index (χ4v) is 3.35. The van der Waals surface area contributed by atoms with Crippen molar-refractivity contribution in [3.8, 4) is 0 Å². The number of rotatable bonds is 4. The molecule has 0 unspecified atom stereocenters. The molecule has 144 valence electrons. The summed E-state index contributed by atoms with van der Waals surface area (Å²) >= 11 is 0. The molecule has 1 aromatic rings. The topological polar surface area (TPSA) is 137 Å². The molecule has 1 saturated carbocycles. The molecule has 26 heavy (non-hydrogen) atoms. The lowest BCUT2D eigenvalue weighted by Crippen LogP contribution is -2.36. The van der Waals surface area contributed by atoms with Crippen LogP contribution in [0, 0.1) is 5.82 Å². The number of halogens is 1. The van der Waals surface area contributed by atoms with Crippen LogP contribution in [-0.4, -0.2) is 50.1 Å². The van der Waals surface area contributed by atoms with Crippen LogP contribution in [0.2, 0.25) is 0 Å². The molecule has 4 atom stereocenters. The van der Waals surface area contributed by atoms with Crippen LogP contribution in [0.3, 0.4) is 0 Å². The van der Waals surface area contributed by atoms with Gasteiger partial charge in [0.05, 0.1) is 18.7 Å². The van der Waals surface area contributed by atoms with Crippen molar-refractivity contribution in [2.24, 2.45) is 0 Å². The zero-order valence-electron chi connectivity index (χ0n) is 14.1. The summed E-state index contributed by atoms with van der Waals surface area (Å²) in [6.07, 6.45) is -0.407. The second-order valence-electron chi connectivity index (χ2n) is 6.66. The minimum atomic E-state index is -1.54. The fraction of sp³-hybridized carbons (Fsp3) is 0.688. The van der Waals surface area contributed by atoms with Crippen molar-refractivity contribution in [1.82, 2.24) is 9.55 Å². The molecule has 9 nitrogen and oxygen atoms in total. The molecule has 0 aromatic carbocycles. The Morgan fingerprint density at radius 1 is 1.35 bits per heavy atom. The quantitative estimate of drug-likeness (QED) is 0.622. The molecule has 2 heterocycles. The summed E-state index contributed by atoms with van der Waals surface area (Å²) in [6.45, 7) is 0. The normalized spacial score (nSPS) is 29.7. The number of carbonyl (C=O) groups excluding carboxylic acids is 1. The van der Waals surface area contributed by atoms with Gasteiger partial charge in [-0.05, 0) is 25.7 Å². The molecule has 2 fully saturated rings. The number of anilines is 1. The van der Waals surface area contributed by atoms with Crippen molar-refractivity contribution in [3.63, 3.8) is 0 Å². The van der Waals surface area contributed by atoms with Crippen molar-refractivity contribution in [2.75, 3.05) is 5.73 Å². The smallest absolute Gasteiger partial charge is 0.351 e. The molecule has 1 aromatic heterocycles. The van der Waals surface area contributed by atoms with Gasteiger partial charge < -0.3 is 25.4 Å². The van der Waals surface area contributed by atoms with E-state index in [0.29, 0.717) is 4.57 Å². The molecule has 4 N–H and O–H groups in total. The average molecular weight is 371 g/mol. The molecule has 10 heteroatoms. The third-order valence-corrected chi connectivity index (χ3v) is 4.76. The molecule has 1 saturated heterocycles. The summed E-state index contributed by atoms with van der Waals surface area (Å²) in [6, 6.07) is 0. The summed E-state index contributed by atoms with van der Waals surface area (Å²) in [5.74, 6) is -2.09. The molecule has 3 rings (SSSR count). The van der Waals surface area contributed by atoms with Crippen LogP contribution in [0.25, 0.3) is 0 Å². The Balaban J connectivity index is 1.66. The van der Waals surface area contributed by atoms with Crippen LogP contribution >= 0.6 is 0 Å². The number of carbonyl (C=O) groups is 1. The fourth-order valence-electron chi connectivity index (χ4n) is 3.35. The number of nitrogen functional groups attached to an aromatic ring is 1. The van der Waals surface area contributed by atoms with E-state index in [4.69, 9.17) is 15.2 Å². The Bertz CT molecular complexity index is 720. The zero-order chi connectivity index (χ0) is 18.8. The first kappa shape index (κ1) is 18.7. The van der Waals surface area contributed by atoms with Gasteiger partial charge in [-0.1, -0.05) is 6.42 Å². The van der Waals surface area contributed by atoms with E-state index < -0.39 is 47.8 Å².